The molecule has 0 bridgehead atoms. The van der Waals surface area contributed by atoms with Gasteiger partial charge >= 0.3 is 6.03 Å². The number of imide groups is 2. The molecule has 1 aliphatic rings. The van der Waals surface area contributed by atoms with Crippen LogP contribution in [0.2, 0.25) is 0 Å². The fraction of sp³-hybridized carbons (Fsp3) is 0.477. The van der Waals surface area contributed by atoms with Crippen LogP contribution in [0.1, 0.15) is 109 Å². The minimum atomic E-state index is -0.634. The quantitative estimate of drug-likeness (QED) is 0.0523. The SMILES string of the molecule is CCCCCCCCCCCOc1ccc(-c2ccc(OCCCCCCCCOc3ccc(C=C4C(=O)N(C)C(=O)N(C)C4=O)cc3)cc2)cc1. The second-order valence-electron chi connectivity index (χ2n) is 13.7. The molecule has 1 fully saturated rings. The van der Waals surface area contributed by atoms with Crippen molar-refractivity contribution in [3.8, 4) is 28.4 Å². The van der Waals surface area contributed by atoms with E-state index in [0.717, 1.165) is 78.6 Å². The van der Waals surface area contributed by atoms with Crippen molar-refractivity contribution in [1.82, 2.24) is 9.80 Å². The van der Waals surface area contributed by atoms with Gasteiger partial charge in [-0.05, 0) is 78.4 Å². The number of amides is 4. The van der Waals surface area contributed by atoms with Gasteiger partial charge in [0.1, 0.15) is 22.8 Å². The van der Waals surface area contributed by atoms with Gasteiger partial charge in [0.25, 0.3) is 11.8 Å². The standard InChI is InChI=1S/C44H58N2O6/c1-4-5-6-7-8-9-10-13-16-32-51-39-27-21-36(22-28-39)37-23-29-40(30-24-37)52-33-18-15-12-11-14-17-31-50-38-25-19-35(20-26-38)34-41-42(47)45(2)44(49)46(3)43(41)48/h19-30,34H,4-18,31-33H2,1-3H3. The highest BCUT2D eigenvalue weighted by atomic mass is 16.5. The van der Waals surface area contributed by atoms with E-state index in [-0.39, 0.29) is 5.57 Å². The van der Waals surface area contributed by atoms with Crippen LogP contribution < -0.4 is 14.2 Å². The van der Waals surface area contributed by atoms with Crippen molar-refractivity contribution in [3.63, 3.8) is 0 Å². The van der Waals surface area contributed by atoms with Crippen molar-refractivity contribution in [2.75, 3.05) is 33.9 Å². The summed E-state index contributed by atoms with van der Waals surface area (Å²) < 4.78 is 17.8. The number of barbiturate groups is 1. The van der Waals surface area contributed by atoms with Gasteiger partial charge in [-0.15, -0.1) is 0 Å². The van der Waals surface area contributed by atoms with E-state index in [1.807, 2.05) is 24.3 Å². The fourth-order valence-corrected chi connectivity index (χ4v) is 6.18. The Balaban J connectivity index is 1.01. The van der Waals surface area contributed by atoms with Crippen molar-refractivity contribution in [1.29, 1.82) is 0 Å². The molecule has 0 atom stereocenters. The van der Waals surface area contributed by atoms with Gasteiger partial charge in [0, 0.05) is 14.1 Å². The normalized spacial score (nSPS) is 13.1. The zero-order valence-corrected chi connectivity index (χ0v) is 31.6. The molecule has 1 heterocycles. The largest absolute Gasteiger partial charge is 0.494 e. The molecule has 280 valence electrons. The molecule has 4 amide bonds. The predicted molar refractivity (Wildman–Crippen MR) is 209 cm³/mol. The van der Waals surface area contributed by atoms with E-state index in [2.05, 4.69) is 43.3 Å². The average Bonchev–Trinajstić information content (AvgIpc) is 3.17. The van der Waals surface area contributed by atoms with Gasteiger partial charge in [0.15, 0.2) is 0 Å². The minimum Gasteiger partial charge on any atom is -0.494 e. The van der Waals surface area contributed by atoms with E-state index < -0.39 is 17.8 Å². The summed E-state index contributed by atoms with van der Waals surface area (Å²) in [5, 5.41) is 0. The zero-order chi connectivity index (χ0) is 37.0. The van der Waals surface area contributed by atoms with E-state index >= 15 is 0 Å². The maximum Gasteiger partial charge on any atom is 0.333 e. The van der Waals surface area contributed by atoms with Crippen molar-refractivity contribution in [3.05, 3.63) is 83.9 Å². The van der Waals surface area contributed by atoms with Crippen molar-refractivity contribution in [2.24, 2.45) is 0 Å². The minimum absolute atomic E-state index is 0.0403. The van der Waals surface area contributed by atoms with Gasteiger partial charge in [-0.2, -0.15) is 0 Å². The number of urea groups is 1. The molecule has 1 aliphatic heterocycles. The Labute approximate surface area is 311 Å². The summed E-state index contributed by atoms with van der Waals surface area (Å²) in [6.45, 7) is 4.40. The Morgan fingerprint density at radius 3 is 1.15 bits per heavy atom. The first-order chi connectivity index (χ1) is 25.4. The molecule has 8 nitrogen and oxygen atoms in total. The number of hydrogen-bond donors (Lipinski definition) is 0. The molecular weight excluding hydrogens is 652 g/mol. The van der Waals surface area contributed by atoms with Crippen LogP contribution in [-0.4, -0.2) is 61.6 Å². The van der Waals surface area contributed by atoms with Crippen LogP contribution in [0.3, 0.4) is 0 Å². The van der Waals surface area contributed by atoms with E-state index in [9.17, 15) is 14.4 Å². The third-order valence-corrected chi connectivity index (χ3v) is 9.47. The van der Waals surface area contributed by atoms with Gasteiger partial charge in [-0.3, -0.25) is 19.4 Å². The number of benzene rings is 3. The number of nitrogens with zero attached hydrogens (tertiary/aromatic N) is 2. The smallest absolute Gasteiger partial charge is 0.333 e. The molecule has 1 saturated heterocycles. The second-order valence-corrected chi connectivity index (χ2v) is 13.7. The highest BCUT2D eigenvalue weighted by Crippen LogP contribution is 2.25. The maximum atomic E-state index is 12.4. The predicted octanol–water partition coefficient (Wildman–Crippen LogP) is 10.5. The third-order valence-electron chi connectivity index (χ3n) is 9.47. The Hall–Kier alpha value is -4.59. The molecule has 8 heteroatoms. The Kier molecular flexibility index (Phi) is 17.3. The molecule has 0 unspecified atom stereocenters. The first kappa shape index (κ1) is 40.2. The monoisotopic (exact) mass is 710 g/mol. The third kappa shape index (κ3) is 13.2. The first-order valence-corrected chi connectivity index (χ1v) is 19.4. The lowest BCUT2D eigenvalue weighted by Gasteiger charge is -2.28. The molecule has 3 aromatic rings. The lowest BCUT2D eigenvalue weighted by Crippen LogP contribution is -2.52. The summed E-state index contributed by atoms with van der Waals surface area (Å²) in [7, 11) is 2.73. The molecule has 0 aliphatic carbocycles. The van der Waals surface area contributed by atoms with Gasteiger partial charge in [0.05, 0.1) is 19.8 Å². The highest BCUT2D eigenvalue weighted by molar-refractivity contribution is 6.30. The van der Waals surface area contributed by atoms with Crippen LogP contribution in [-0.2, 0) is 9.59 Å². The van der Waals surface area contributed by atoms with E-state index in [0.29, 0.717) is 18.8 Å². The summed E-state index contributed by atoms with van der Waals surface area (Å²) in [5.74, 6) is 1.37. The van der Waals surface area contributed by atoms with Crippen molar-refractivity contribution < 1.29 is 28.6 Å². The van der Waals surface area contributed by atoms with Gasteiger partial charge in [-0.1, -0.05) is 120 Å². The molecular formula is C44H58N2O6. The Bertz CT molecular complexity index is 1520. The Morgan fingerprint density at radius 1 is 0.462 bits per heavy atom. The zero-order valence-electron chi connectivity index (χ0n) is 31.6. The number of likely N-dealkylation sites (N-methyl/N-ethyl adjacent to an activating group) is 2. The number of carbonyl (C=O) groups excluding carboxylic acids is 3. The number of hydrogen-bond acceptors (Lipinski definition) is 6. The maximum absolute atomic E-state index is 12.4. The van der Waals surface area contributed by atoms with Crippen molar-refractivity contribution >= 4 is 23.9 Å². The molecule has 4 rings (SSSR count). The second kappa shape index (κ2) is 22.4. The van der Waals surface area contributed by atoms with E-state index in [4.69, 9.17) is 14.2 Å². The topological polar surface area (TPSA) is 85.4 Å². The molecule has 0 radical (unpaired) electrons. The van der Waals surface area contributed by atoms with Crippen LogP contribution in [0.4, 0.5) is 4.79 Å². The van der Waals surface area contributed by atoms with Crippen LogP contribution in [0.5, 0.6) is 17.2 Å². The first-order valence-electron chi connectivity index (χ1n) is 19.4. The molecule has 0 saturated carbocycles. The van der Waals surface area contributed by atoms with Crippen LogP contribution in [0, 0.1) is 0 Å². The number of rotatable bonds is 24. The molecule has 0 aromatic heterocycles. The molecule has 3 aromatic carbocycles. The lowest BCUT2D eigenvalue weighted by molar-refractivity contribution is -0.134. The summed E-state index contributed by atoms with van der Waals surface area (Å²) in [6, 6.07) is 23.3. The van der Waals surface area contributed by atoms with Gasteiger partial charge in [0.2, 0.25) is 0 Å². The fourth-order valence-electron chi connectivity index (χ4n) is 6.18. The number of ether oxygens (including phenoxy) is 3. The van der Waals surface area contributed by atoms with E-state index in [1.54, 1.807) is 12.1 Å². The van der Waals surface area contributed by atoms with Crippen molar-refractivity contribution in [2.45, 2.75) is 103 Å². The van der Waals surface area contributed by atoms with Gasteiger partial charge in [-0.25, -0.2) is 4.79 Å². The Morgan fingerprint density at radius 2 is 0.788 bits per heavy atom. The van der Waals surface area contributed by atoms with Crippen LogP contribution in [0.15, 0.2) is 78.4 Å². The van der Waals surface area contributed by atoms with Crippen LogP contribution in [0.25, 0.3) is 17.2 Å². The average molecular weight is 711 g/mol. The van der Waals surface area contributed by atoms with E-state index in [1.165, 1.54) is 82.7 Å². The summed E-state index contributed by atoms with van der Waals surface area (Å²) in [5.41, 5.74) is 2.99. The summed E-state index contributed by atoms with van der Waals surface area (Å²) >= 11 is 0. The van der Waals surface area contributed by atoms with Gasteiger partial charge < -0.3 is 14.2 Å². The molecule has 52 heavy (non-hydrogen) atoms. The summed E-state index contributed by atoms with van der Waals surface area (Å²) in [6.07, 6.45) is 19.9. The lowest BCUT2D eigenvalue weighted by atomic mass is 10.1. The number of unbranched alkanes of at least 4 members (excludes halogenated alkanes) is 13. The summed E-state index contributed by atoms with van der Waals surface area (Å²) in [4.78, 5) is 38.6. The highest BCUT2D eigenvalue weighted by Gasteiger charge is 2.37. The molecule has 0 spiro atoms. The molecule has 0 N–H and O–H groups in total. The van der Waals surface area contributed by atoms with Crippen LogP contribution >= 0.6 is 0 Å². The number of carbonyl (C=O) groups is 3.